The van der Waals surface area contributed by atoms with Crippen molar-refractivity contribution >= 4 is 6.29 Å². The van der Waals surface area contributed by atoms with Crippen LogP contribution in [0, 0.1) is 5.92 Å². The van der Waals surface area contributed by atoms with Gasteiger partial charge >= 0.3 is 0 Å². The van der Waals surface area contributed by atoms with Crippen LogP contribution in [0.4, 0.5) is 0 Å². The van der Waals surface area contributed by atoms with E-state index in [1.54, 1.807) is 13.8 Å². The molecule has 0 radical (unpaired) electrons. The predicted octanol–water partition coefficient (Wildman–Crippen LogP) is 1.40. The molecule has 4 atom stereocenters. The van der Waals surface area contributed by atoms with Crippen LogP contribution in [0.2, 0.25) is 0 Å². The first-order chi connectivity index (χ1) is 7.07. The molecule has 0 N–H and O–H groups in total. The highest BCUT2D eigenvalue weighted by Gasteiger charge is 2.53. The number of nitrogens with zero attached hydrogens (tertiary/aromatic N) is 3. The Morgan fingerprint density at radius 2 is 2.13 bits per heavy atom. The molecule has 2 fully saturated rings. The van der Waals surface area contributed by atoms with E-state index in [0.29, 0.717) is 6.42 Å². The summed E-state index contributed by atoms with van der Waals surface area (Å²) >= 11 is 0. The van der Waals surface area contributed by atoms with Crippen molar-refractivity contribution < 1.29 is 14.3 Å². The number of rotatable bonds is 2. The zero-order valence-corrected chi connectivity index (χ0v) is 8.66. The maximum Gasteiger partial charge on any atom is 0.163 e. The third-order valence-corrected chi connectivity index (χ3v) is 2.85. The van der Waals surface area contributed by atoms with E-state index >= 15 is 0 Å². The van der Waals surface area contributed by atoms with Crippen molar-refractivity contribution in [1.29, 1.82) is 0 Å². The Hall–Kier alpha value is -1.10. The van der Waals surface area contributed by atoms with Crippen molar-refractivity contribution in [3.8, 4) is 0 Å². The van der Waals surface area contributed by atoms with Crippen LogP contribution in [0.5, 0.6) is 0 Å². The lowest BCUT2D eigenvalue weighted by Crippen LogP contribution is -2.27. The molecule has 0 aromatic carbocycles. The number of ether oxygens (including phenoxy) is 2. The molecule has 1 aliphatic carbocycles. The minimum atomic E-state index is -0.694. The Morgan fingerprint density at radius 1 is 1.47 bits per heavy atom. The number of carbonyl (C=O) groups is 1. The van der Waals surface area contributed by atoms with E-state index in [4.69, 9.17) is 15.0 Å². The summed E-state index contributed by atoms with van der Waals surface area (Å²) in [4.78, 5) is 13.6. The Bertz CT molecular complexity index is 325. The lowest BCUT2D eigenvalue weighted by Gasteiger charge is -2.20. The molecule has 6 nitrogen and oxygen atoms in total. The van der Waals surface area contributed by atoms with Crippen LogP contribution in [0.1, 0.15) is 20.3 Å². The van der Waals surface area contributed by atoms with E-state index in [1.807, 2.05) is 0 Å². The van der Waals surface area contributed by atoms with Gasteiger partial charge in [-0.1, -0.05) is 5.11 Å². The summed E-state index contributed by atoms with van der Waals surface area (Å²) in [6, 6.07) is -0.294. The molecule has 82 valence electrons. The molecule has 0 amide bonds. The standard InChI is InChI=1S/C9H13N3O3/c1-9(2)14-7-5(4-13)3-6(11-12-10)8(7)15-9/h4-8H,3H2,1-2H3/t5-,6-,7-,8+/m1/s1. The second kappa shape index (κ2) is 3.48. The summed E-state index contributed by atoms with van der Waals surface area (Å²) in [5.74, 6) is -0.924. The molecular formula is C9H13N3O3. The number of fused-ring (bicyclic) bond motifs is 1. The van der Waals surface area contributed by atoms with Gasteiger partial charge in [-0.2, -0.15) is 0 Å². The predicted molar refractivity (Wildman–Crippen MR) is 50.9 cm³/mol. The first kappa shape index (κ1) is 10.4. The SMILES string of the molecule is CC1(C)O[C@@H]2[C@H](O1)[C@@H](C=O)C[C@H]2N=[N+]=[N-]. The maximum absolute atomic E-state index is 10.8. The molecule has 0 aromatic heterocycles. The van der Waals surface area contributed by atoms with E-state index in [9.17, 15) is 4.79 Å². The van der Waals surface area contributed by atoms with Crippen molar-refractivity contribution in [2.75, 3.05) is 0 Å². The van der Waals surface area contributed by atoms with Gasteiger partial charge in [0.05, 0.1) is 18.2 Å². The zero-order valence-electron chi connectivity index (χ0n) is 8.66. The van der Waals surface area contributed by atoms with E-state index in [-0.39, 0.29) is 24.2 Å². The Labute approximate surface area is 87.2 Å². The van der Waals surface area contributed by atoms with Gasteiger partial charge in [0.2, 0.25) is 0 Å². The lowest BCUT2D eigenvalue weighted by molar-refractivity contribution is -0.158. The molecule has 2 aliphatic rings. The molecule has 2 rings (SSSR count). The van der Waals surface area contributed by atoms with Crippen molar-refractivity contribution in [3.05, 3.63) is 10.4 Å². The molecule has 1 heterocycles. The fourth-order valence-electron chi connectivity index (χ4n) is 2.31. The summed E-state index contributed by atoms with van der Waals surface area (Å²) in [6.45, 7) is 3.58. The molecule has 0 aromatic rings. The van der Waals surface area contributed by atoms with Gasteiger partial charge in [-0.3, -0.25) is 0 Å². The highest BCUT2D eigenvalue weighted by molar-refractivity contribution is 5.56. The lowest BCUT2D eigenvalue weighted by atomic mass is 10.1. The van der Waals surface area contributed by atoms with Crippen LogP contribution in [0.25, 0.3) is 10.4 Å². The van der Waals surface area contributed by atoms with Gasteiger partial charge in [-0.25, -0.2) is 0 Å². The van der Waals surface area contributed by atoms with Gasteiger partial charge in [0.15, 0.2) is 5.79 Å². The minimum Gasteiger partial charge on any atom is -0.344 e. The molecule has 1 saturated carbocycles. The Balaban J connectivity index is 2.22. The fourth-order valence-corrected chi connectivity index (χ4v) is 2.31. The molecule has 0 spiro atoms. The van der Waals surface area contributed by atoms with Crippen molar-refractivity contribution in [2.45, 2.75) is 44.3 Å². The highest BCUT2D eigenvalue weighted by atomic mass is 16.8. The molecule has 6 heteroatoms. The highest BCUT2D eigenvalue weighted by Crippen LogP contribution is 2.42. The quantitative estimate of drug-likeness (QED) is 0.299. The zero-order chi connectivity index (χ0) is 11.1. The summed E-state index contributed by atoms with van der Waals surface area (Å²) < 4.78 is 11.2. The van der Waals surface area contributed by atoms with Gasteiger partial charge in [-0.15, -0.1) is 0 Å². The summed E-state index contributed by atoms with van der Waals surface area (Å²) in [6.07, 6.45) is 0.813. The first-order valence-electron chi connectivity index (χ1n) is 4.92. The fraction of sp³-hybridized carbons (Fsp3) is 0.889. The summed E-state index contributed by atoms with van der Waals surface area (Å²) in [7, 11) is 0. The largest absolute Gasteiger partial charge is 0.344 e. The summed E-state index contributed by atoms with van der Waals surface area (Å²) in [5.41, 5.74) is 8.41. The van der Waals surface area contributed by atoms with Crippen LogP contribution >= 0.6 is 0 Å². The van der Waals surface area contributed by atoms with E-state index in [1.165, 1.54) is 0 Å². The van der Waals surface area contributed by atoms with Gasteiger partial charge in [-0.05, 0) is 25.8 Å². The topological polar surface area (TPSA) is 84.3 Å². The van der Waals surface area contributed by atoms with Crippen molar-refractivity contribution in [1.82, 2.24) is 0 Å². The molecule has 15 heavy (non-hydrogen) atoms. The number of azide groups is 1. The van der Waals surface area contributed by atoms with Crippen LogP contribution in [0.15, 0.2) is 5.11 Å². The van der Waals surface area contributed by atoms with Gasteiger partial charge < -0.3 is 14.3 Å². The monoisotopic (exact) mass is 211 g/mol. The van der Waals surface area contributed by atoms with E-state index in [2.05, 4.69) is 10.0 Å². The molecular weight excluding hydrogens is 198 g/mol. The van der Waals surface area contributed by atoms with E-state index in [0.717, 1.165) is 6.29 Å². The summed E-state index contributed by atoms with van der Waals surface area (Å²) in [5, 5.41) is 3.65. The average molecular weight is 211 g/mol. The normalized spacial score (nSPS) is 42.0. The van der Waals surface area contributed by atoms with Crippen molar-refractivity contribution in [3.63, 3.8) is 0 Å². The Morgan fingerprint density at radius 3 is 2.73 bits per heavy atom. The van der Waals surface area contributed by atoms with Crippen molar-refractivity contribution in [2.24, 2.45) is 11.0 Å². The average Bonchev–Trinajstić information content (AvgIpc) is 2.61. The van der Waals surface area contributed by atoms with Crippen LogP contribution in [-0.2, 0) is 14.3 Å². The number of aldehydes is 1. The molecule has 1 aliphatic heterocycles. The van der Waals surface area contributed by atoms with Crippen LogP contribution in [-0.4, -0.2) is 30.3 Å². The van der Waals surface area contributed by atoms with Gasteiger partial charge in [0.25, 0.3) is 0 Å². The number of hydrogen-bond acceptors (Lipinski definition) is 4. The first-order valence-corrected chi connectivity index (χ1v) is 4.92. The second-order valence-electron chi connectivity index (χ2n) is 4.37. The second-order valence-corrected chi connectivity index (χ2v) is 4.37. The number of hydrogen-bond donors (Lipinski definition) is 0. The van der Waals surface area contributed by atoms with E-state index < -0.39 is 5.79 Å². The minimum absolute atomic E-state index is 0.229. The third kappa shape index (κ3) is 1.71. The molecule has 1 saturated heterocycles. The number of carbonyl (C=O) groups excluding carboxylic acids is 1. The maximum atomic E-state index is 10.8. The smallest absolute Gasteiger partial charge is 0.163 e. The van der Waals surface area contributed by atoms with Gasteiger partial charge in [0.1, 0.15) is 6.29 Å². The third-order valence-electron chi connectivity index (χ3n) is 2.85. The molecule has 0 unspecified atom stereocenters. The Kier molecular flexibility index (Phi) is 2.42. The van der Waals surface area contributed by atoms with Gasteiger partial charge in [0, 0.05) is 10.8 Å². The van der Waals surface area contributed by atoms with Crippen LogP contribution < -0.4 is 0 Å². The molecule has 0 bridgehead atoms. The van der Waals surface area contributed by atoms with Crippen LogP contribution in [0.3, 0.4) is 0 Å².